The Kier molecular flexibility index (Phi) is 3.23. The third kappa shape index (κ3) is 2.10. The van der Waals surface area contributed by atoms with Gasteiger partial charge in [-0.15, -0.1) is 0 Å². The molecule has 1 aromatic carbocycles. The molecule has 1 aromatic rings. The maximum absolute atomic E-state index is 11.2. The summed E-state index contributed by atoms with van der Waals surface area (Å²) in [5, 5.41) is -0.0672. The normalized spacial score (nSPS) is 10.7. The molecule has 0 spiro atoms. The Morgan fingerprint density at radius 1 is 1.36 bits per heavy atom. The van der Waals surface area contributed by atoms with Crippen molar-refractivity contribution in [3.63, 3.8) is 0 Å². The van der Waals surface area contributed by atoms with Crippen molar-refractivity contribution in [1.29, 1.82) is 0 Å². The number of hydrogen-bond donors (Lipinski definition) is 0. The molecule has 5 nitrogen and oxygen atoms in total. The zero-order valence-electron chi connectivity index (χ0n) is 6.55. The largest absolute Gasteiger partial charge is 0.265 e. The van der Waals surface area contributed by atoms with Gasteiger partial charge >= 0.3 is 0 Å². The first kappa shape index (κ1) is 11.1. The van der Waals surface area contributed by atoms with Gasteiger partial charge in [-0.1, -0.05) is 29.3 Å². The molecule has 0 saturated carbocycles. The van der Waals surface area contributed by atoms with Gasteiger partial charge in [0.25, 0.3) is 10.0 Å². The highest BCUT2D eigenvalue weighted by molar-refractivity contribution is 7.90. The lowest BCUT2D eigenvalue weighted by Gasteiger charge is -2.01. The molecular formula is C6H3Cl2N3O2S. The molecular weight excluding hydrogens is 249 g/mol. The molecule has 0 unspecified atom stereocenters. The van der Waals surface area contributed by atoms with Crippen molar-refractivity contribution in [3.8, 4) is 0 Å². The van der Waals surface area contributed by atoms with Crippen LogP contribution in [0, 0.1) is 0 Å². The highest BCUT2D eigenvalue weighted by Gasteiger charge is 2.17. The van der Waals surface area contributed by atoms with Gasteiger partial charge in [0.15, 0.2) is 0 Å². The van der Waals surface area contributed by atoms with E-state index in [1.54, 1.807) is 0 Å². The summed E-state index contributed by atoms with van der Waals surface area (Å²) >= 11 is 11.2. The monoisotopic (exact) mass is 251 g/mol. The van der Waals surface area contributed by atoms with Crippen molar-refractivity contribution < 1.29 is 8.42 Å². The molecule has 0 bridgehead atoms. The second-order valence-corrected chi connectivity index (χ2v) is 4.54. The summed E-state index contributed by atoms with van der Waals surface area (Å²) in [6.45, 7) is 0. The minimum atomic E-state index is -4.07. The van der Waals surface area contributed by atoms with E-state index in [4.69, 9.17) is 28.7 Å². The van der Waals surface area contributed by atoms with E-state index in [2.05, 4.69) is 9.43 Å². The number of azide groups is 1. The molecule has 0 aromatic heterocycles. The van der Waals surface area contributed by atoms with Gasteiger partial charge < -0.3 is 0 Å². The van der Waals surface area contributed by atoms with E-state index in [-0.39, 0.29) is 14.9 Å². The SMILES string of the molecule is [N-]=[N+]=NS(=O)(=O)c1cccc(Cl)c1Cl. The second kappa shape index (κ2) is 4.06. The van der Waals surface area contributed by atoms with E-state index in [1.807, 2.05) is 0 Å². The fraction of sp³-hybridized carbons (Fsp3) is 0. The quantitative estimate of drug-likeness (QED) is 0.460. The fourth-order valence-electron chi connectivity index (χ4n) is 0.775. The van der Waals surface area contributed by atoms with Gasteiger partial charge in [0.1, 0.15) is 0 Å². The zero-order chi connectivity index (χ0) is 10.8. The Morgan fingerprint density at radius 2 is 2.00 bits per heavy atom. The summed E-state index contributed by atoms with van der Waals surface area (Å²) in [7, 11) is -4.07. The van der Waals surface area contributed by atoms with Crippen LogP contribution in [0.25, 0.3) is 10.4 Å². The summed E-state index contributed by atoms with van der Waals surface area (Å²) < 4.78 is 25.1. The van der Waals surface area contributed by atoms with Crippen molar-refractivity contribution in [1.82, 2.24) is 0 Å². The van der Waals surface area contributed by atoms with Crippen LogP contribution in [0.3, 0.4) is 0 Å². The molecule has 74 valence electrons. The van der Waals surface area contributed by atoms with Gasteiger partial charge in [0.2, 0.25) is 0 Å². The predicted octanol–water partition coefficient (Wildman–Crippen LogP) is 2.99. The number of benzene rings is 1. The standard InChI is InChI=1S/C6H3Cl2N3O2S/c7-4-2-1-3-5(6(4)8)14(12,13)11-10-9/h1-3H. The second-order valence-electron chi connectivity index (χ2n) is 2.20. The number of halogens is 2. The van der Waals surface area contributed by atoms with Gasteiger partial charge in [-0.3, -0.25) is 0 Å². The Hall–Kier alpha value is -0.940. The predicted molar refractivity (Wildman–Crippen MR) is 52.8 cm³/mol. The van der Waals surface area contributed by atoms with Gasteiger partial charge in [-0.2, -0.15) is 0 Å². The van der Waals surface area contributed by atoms with Crippen LogP contribution in [0.5, 0.6) is 0 Å². The molecule has 0 aliphatic carbocycles. The van der Waals surface area contributed by atoms with Gasteiger partial charge in [-0.25, -0.2) is 8.42 Å². The first-order valence-electron chi connectivity index (χ1n) is 3.24. The van der Waals surface area contributed by atoms with Gasteiger partial charge in [-0.05, 0) is 17.7 Å². The van der Waals surface area contributed by atoms with Crippen LogP contribution >= 0.6 is 23.2 Å². The lowest BCUT2D eigenvalue weighted by atomic mass is 10.4. The average molecular weight is 252 g/mol. The minimum Gasteiger partial charge on any atom is -0.216 e. The molecule has 8 heteroatoms. The maximum Gasteiger partial charge on any atom is 0.265 e. The molecule has 1 rings (SSSR count). The molecule has 0 aliphatic rings. The molecule has 0 fully saturated rings. The molecule has 0 radical (unpaired) electrons. The first-order chi connectivity index (χ1) is 6.49. The summed E-state index contributed by atoms with van der Waals surface area (Å²) in [5.74, 6) is 0. The van der Waals surface area contributed by atoms with Crippen LogP contribution in [-0.2, 0) is 10.0 Å². The molecule has 0 N–H and O–H groups in total. The summed E-state index contributed by atoms with van der Waals surface area (Å²) in [6.07, 6.45) is 0. The van der Waals surface area contributed by atoms with Crippen LogP contribution in [0.1, 0.15) is 0 Å². The van der Waals surface area contributed by atoms with Crippen LogP contribution in [0.15, 0.2) is 27.6 Å². The zero-order valence-corrected chi connectivity index (χ0v) is 8.88. The Balaban J connectivity index is 3.49. The van der Waals surface area contributed by atoms with Crippen molar-refractivity contribution in [2.45, 2.75) is 4.90 Å². The molecule has 0 aliphatic heterocycles. The molecule has 0 atom stereocenters. The lowest BCUT2D eigenvalue weighted by molar-refractivity contribution is 0.597. The highest BCUT2D eigenvalue weighted by Crippen LogP contribution is 2.29. The topological polar surface area (TPSA) is 82.9 Å². The van der Waals surface area contributed by atoms with Crippen LogP contribution < -0.4 is 0 Å². The average Bonchev–Trinajstić information content (AvgIpc) is 2.09. The van der Waals surface area contributed by atoms with E-state index in [0.717, 1.165) is 0 Å². The Labute approximate surface area is 89.9 Å². The van der Waals surface area contributed by atoms with Crippen molar-refractivity contribution in [2.24, 2.45) is 4.52 Å². The van der Waals surface area contributed by atoms with E-state index in [1.165, 1.54) is 18.2 Å². The van der Waals surface area contributed by atoms with Gasteiger partial charge in [0, 0.05) is 9.43 Å². The molecule has 0 amide bonds. The van der Waals surface area contributed by atoms with E-state index in [0.29, 0.717) is 0 Å². The fourth-order valence-corrected chi connectivity index (χ4v) is 2.20. The summed E-state index contributed by atoms with van der Waals surface area (Å²) in [4.78, 5) is 1.89. The van der Waals surface area contributed by atoms with Crippen LogP contribution in [-0.4, -0.2) is 8.42 Å². The summed E-state index contributed by atoms with van der Waals surface area (Å²) in [5.41, 5.74) is 8.03. The van der Waals surface area contributed by atoms with Crippen molar-refractivity contribution in [2.75, 3.05) is 0 Å². The van der Waals surface area contributed by atoms with E-state index < -0.39 is 10.0 Å². The minimum absolute atomic E-state index is 0.0841. The van der Waals surface area contributed by atoms with Crippen LogP contribution in [0.4, 0.5) is 0 Å². The van der Waals surface area contributed by atoms with Gasteiger partial charge in [0.05, 0.1) is 14.9 Å². The molecule has 0 heterocycles. The Bertz CT molecular complexity index is 508. The first-order valence-corrected chi connectivity index (χ1v) is 5.44. The third-order valence-electron chi connectivity index (χ3n) is 1.34. The Morgan fingerprint density at radius 3 is 2.57 bits per heavy atom. The van der Waals surface area contributed by atoms with Crippen molar-refractivity contribution in [3.05, 3.63) is 38.7 Å². The summed E-state index contributed by atoms with van der Waals surface area (Å²) in [6, 6.07) is 4.03. The molecule has 14 heavy (non-hydrogen) atoms. The maximum atomic E-state index is 11.2. The van der Waals surface area contributed by atoms with E-state index in [9.17, 15) is 8.42 Å². The number of rotatable bonds is 2. The van der Waals surface area contributed by atoms with Crippen molar-refractivity contribution >= 4 is 33.2 Å². The number of hydrogen-bond acceptors (Lipinski definition) is 2. The third-order valence-corrected chi connectivity index (χ3v) is 3.45. The highest BCUT2D eigenvalue weighted by atomic mass is 35.5. The van der Waals surface area contributed by atoms with E-state index >= 15 is 0 Å². The number of nitrogens with zero attached hydrogens (tertiary/aromatic N) is 3. The lowest BCUT2D eigenvalue weighted by Crippen LogP contribution is -1.96. The van der Waals surface area contributed by atoms with Crippen LogP contribution in [0.2, 0.25) is 10.0 Å². The smallest absolute Gasteiger partial charge is 0.216 e. The molecule has 0 saturated heterocycles. The number of sulfonamides is 1.